The quantitative estimate of drug-likeness (QED) is 0.590. The third kappa shape index (κ3) is 4.40. The van der Waals surface area contributed by atoms with E-state index < -0.39 is 16.1 Å². The summed E-state index contributed by atoms with van der Waals surface area (Å²) in [5.41, 5.74) is 2.78. The molecule has 3 aromatic rings. The van der Waals surface area contributed by atoms with Crippen molar-refractivity contribution < 1.29 is 13.2 Å². The molecule has 0 saturated carbocycles. The maximum absolute atomic E-state index is 13.2. The molecule has 0 amide bonds. The van der Waals surface area contributed by atoms with E-state index in [1.165, 1.54) is 7.11 Å². The first-order chi connectivity index (χ1) is 12.9. The minimum Gasteiger partial charge on any atom is -0.495 e. The van der Waals surface area contributed by atoms with Gasteiger partial charge < -0.3 is 4.74 Å². The smallest absolute Gasteiger partial charge is 0.245 e. The lowest BCUT2D eigenvalue weighted by Crippen LogP contribution is -2.30. The van der Waals surface area contributed by atoms with Gasteiger partial charge in [-0.1, -0.05) is 70.5 Å². The average Bonchev–Trinajstić information content (AvgIpc) is 2.67. The zero-order valence-corrected chi connectivity index (χ0v) is 17.4. The second kappa shape index (κ2) is 8.25. The van der Waals surface area contributed by atoms with E-state index in [9.17, 15) is 8.42 Å². The van der Waals surface area contributed by atoms with Gasteiger partial charge in [-0.2, -0.15) is 4.72 Å². The van der Waals surface area contributed by atoms with Crippen LogP contribution in [0.15, 0.2) is 82.2 Å². The molecule has 0 bridgehead atoms. The van der Waals surface area contributed by atoms with E-state index in [-0.39, 0.29) is 4.90 Å². The van der Waals surface area contributed by atoms with E-state index in [1.54, 1.807) is 18.2 Å². The number of aryl methyl sites for hydroxylation is 1. The highest BCUT2D eigenvalue weighted by atomic mass is 79.9. The molecule has 1 unspecified atom stereocenters. The largest absolute Gasteiger partial charge is 0.495 e. The van der Waals surface area contributed by atoms with Gasteiger partial charge in [-0.25, -0.2) is 8.42 Å². The fraction of sp³-hybridized carbons (Fsp3) is 0.143. The van der Waals surface area contributed by atoms with Crippen LogP contribution in [-0.2, 0) is 10.0 Å². The normalized spacial score (nSPS) is 12.6. The molecule has 0 heterocycles. The average molecular weight is 446 g/mol. The first-order valence-electron chi connectivity index (χ1n) is 8.39. The Bertz CT molecular complexity index is 1040. The summed E-state index contributed by atoms with van der Waals surface area (Å²) in [4.78, 5) is 0.0916. The molecule has 140 valence electrons. The summed E-state index contributed by atoms with van der Waals surface area (Å²) >= 11 is 3.34. The van der Waals surface area contributed by atoms with Gasteiger partial charge in [-0.3, -0.25) is 0 Å². The number of methoxy groups -OCH3 is 1. The van der Waals surface area contributed by atoms with Crippen LogP contribution in [0.25, 0.3) is 0 Å². The fourth-order valence-electron chi connectivity index (χ4n) is 2.95. The van der Waals surface area contributed by atoms with Gasteiger partial charge in [0.15, 0.2) is 0 Å². The molecule has 1 atom stereocenters. The van der Waals surface area contributed by atoms with Crippen LogP contribution >= 0.6 is 15.9 Å². The van der Waals surface area contributed by atoms with Crippen molar-refractivity contribution in [1.82, 2.24) is 4.72 Å². The Kier molecular flexibility index (Phi) is 5.99. The molecule has 0 saturated heterocycles. The molecule has 27 heavy (non-hydrogen) atoms. The van der Waals surface area contributed by atoms with E-state index in [0.29, 0.717) is 10.2 Å². The standard InChI is InChI=1S/C21H20BrNO3S/c1-15-8-6-7-11-18(15)21(16-9-4-3-5-10-16)23-27(24,25)20-14-17(22)12-13-19(20)26-2/h3-14,21,23H,1-2H3. The molecule has 1 N–H and O–H groups in total. The summed E-state index contributed by atoms with van der Waals surface area (Å²) < 4.78 is 35.2. The van der Waals surface area contributed by atoms with Crippen LogP contribution in [0.2, 0.25) is 0 Å². The van der Waals surface area contributed by atoms with E-state index in [4.69, 9.17) is 4.74 Å². The number of sulfonamides is 1. The van der Waals surface area contributed by atoms with Gasteiger partial charge in [0.1, 0.15) is 10.6 Å². The summed E-state index contributed by atoms with van der Waals surface area (Å²) in [5.74, 6) is 0.294. The molecule has 3 rings (SSSR count). The summed E-state index contributed by atoms with van der Waals surface area (Å²) in [6.45, 7) is 1.97. The molecule has 0 radical (unpaired) electrons. The van der Waals surface area contributed by atoms with Crippen molar-refractivity contribution in [2.45, 2.75) is 17.9 Å². The lowest BCUT2D eigenvalue weighted by atomic mass is 9.96. The first-order valence-corrected chi connectivity index (χ1v) is 10.7. The van der Waals surface area contributed by atoms with Crippen molar-refractivity contribution in [1.29, 1.82) is 0 Å². The highest BCUT2D eigenvalue weighted by molar-refractivity contribution is 9.10. The van der Waals surface area contributed by atoms with Crippen LogP contribution in [0.5, 0.6) is 5.75 Å². The molecule has 0 aliphatic heterocycles. The van der Waals surface area contributed by atoms with Gasteiger partial charge in [-0.05, 0) is 41.8 Å². The van der Waals surface area contributed by atoms with Gasteiger partial charge in [0, 0.05) is 4.47 Å². The zero-order valence-electron chi connectivity index (χ0n) is 15.0. The van der Waals surface area contributed by atoms with Crippen molar-refractivity contribution in [3.63, 3.8) is 0 Å². The topological polar surface area (TPSA) is 55.4 Å². The number of halogens is 1. The number of nitrogens with one attached hydrogen (secondary N) is 1. The van der Waals surface area contributed by atoms with Crippen molar-refractivity contribution in [3.05, 3.63) is 94.0 Å². The summed E-state index contributed by atoms with van der Waals surface area (Å²) in [7, 11) is -2.39. The molecule has 0 aromatic heterocycles. The maximum atomic E-state index is 13.2. The predicted octanol–water partition coefficient (Wildman–Crippen LogP) is 4.83. The number of hydrogen-bond donors (Lipinski definition) is 1. The Morgan fingerprint density at radius 2 is 1.63 bits per heavy atom. The molecule has 3 aromatic carbocycles. The molecular weight excluding hydrogens is 426 g/mol. The highest BCUT2D eigenvalue weighted by Crippen LogP contribution is 2.31. The second-order valence-corrected chi connectivity index (χ2v) is 8.71. The Morgan fingerprint density at radius 3 is 2.30 bits per heavy atom. The molecule has 0 aliphatic carbocycles. The number of benzene rings is 3. The lowest BCUT2D eigenvalue weighted by molar-refractivity contribution is 0.402. The van der Waals surface area contributed by atoms with Crippen LogP contribution in [0, 0.1) is 6.92 Å². The monoisotopic (exact) mass is 445 g/mol. The lowest BCUT2D eigenvalue weighted by Gasteiger charge is -2.22. The number of ether oxygens (including phenoxy) is 1. The Labute approximate surface area is 168 Å². The minimum absolute atomic E-state index is 0.0916. The van der Waals surface area contributed by atoms with Crippen LogP contribution in [0.1, 0.15) is 22.7 Å². The van der Waals surface area contributed by atoms with Gasteiger partial charge in [0.25, 0.3) is 0 Å². The van der Waals surface area contributed by atoms with Gasteiger partial charge in [0.05, 0.1) is 13.2 Å². The van der Waals surface area contributed by atoms with E-state index in [0.717, 1.165) is 16.7 Å². The highest BCUT2D eigenvalue weighted by Gasteiger charge is 2.26. The van der Waals surface area contributed by atoms with Crippen molar-refractivity contribution in [3.8, 4) is 5.75 Å². The van der Waals surface area contributed by atoms with Crippen LogP contribution in [0.3, 0.4) is 0 Å². The Hall–Kier alpha value is -2.15. The molecule has 6 heteroatoms. The summed E-state index contributed by atoms with van der Waals surface area (Å²) in [5, 5.41) is 0. The second-order valence-electron chi connectivity index (χ2n) is 6.12. The molecule has 0 fully saturated rings. The summed E-state index contributed by atoms with van der Waals surface area (Å²) in [6, 6.07) is 21.7. The van der Waals surface area contributed by atoms with Gasteiger partial charge in [0.2, 0.25) is 10.0 Å². The number of hydrogen-bond acceptors (Lipinski definition) is 3. The SMILES string of the molecule is COc1ccc(Br)cc1S(=O)(=O)NC(c1ccccc1)c1ccccc1C. The van der Waals surface area contributed by atoms with Crippen molar-refractivity contribution in [2.24, 2.45) is 0 Å². The van der Waals surface area contributed by atoms with Gasteiger partial charge in [-0.15, -0.1) is 0 Å². The van der Waals surface area contributed by atoms with Crippen LogP contribution < -0.4 is 9.46 Å². The van der Waals surface area contributed by atoms with E-state index in [1.807, 2.05) is 61.5 Å². The predicted molar refractivity (Wildman–Crippen MR) is 110 cm³/mol. The molecule has 0 spiro atoms. The van der Waals surface area contributed by atoms with E-state index >= 15 is 0 Å². The first kappa shape index (κ1) is 19.6. The molecular formula is C21H20BrNO3S. The van der Waals surface area contributed by atoms with Crippen LogP contribution in [0.4, 0.5) is 0 Å². The fourth-order valence-corrected chi connectivity index (χ4v) is 4.86. The minimum atomic E-state index is -3.84. The third-order valence-electron chi connectivity index (χ3n) is 4.32. The van der Waals surface area contributed by atoms with Crippen molar-refractivity contribution >= 4 is 26.0 Å². The molecule has 4 nitrogen and oxygen atoms in total. The van der Waals surface area contributed by atoms with Crippen molar-refractivity contribution in [2.75, 3.05) is 7.11 Å². The Morgan fingerprint density at radius 1 is 0.963 bits per heavy atom. The van der Waals surface area contributed by atoms with E-state index in [2.05, 4.69) is 20.7 Å². The zero-order chi connectivity index (χ0) is 19.4. The molecule has 0 aliphatic rings. The van der Waals surface area contributed by atoms with Crippen LogP contribution in [-0.4, -0.2) is 15.5 Å². The van der Waals surface area contributed by atoms with Gasteiger partial charge >= 0.3 is 0 Å². The third-order valence-corrected chi connectivity index (χ3v) is 6.26. The number of rotatable bonds is 6. The summed E-state index contributed by atoms with van der Waals surface area (Å²) in [6.07, 6.45) is 0. The Balaban J connectivity index is 2.10. The maximum Gasteiger partial charge on any atom is 0.245 e.